The minimum atomic E-state index is 0.129. The SMILES string of the molecule is C=C(C)c1cc(O)c(OC)cc1NC. The summed E-state index contributed by atoms with van der Waals surface area (Å²) in [6.45, 7) is 5.73. The topological polar surface area (TPSA) is 41.5 Å². The Kier molecular flexibility index (Phi) is 3.02. The van der Waals surface area contributed by atoms with Gasteiger partial charge in [-0.25, -0.2) is 0 Å². The van der Waals surface area contributed by atoms with Gasteiger partial charge in [0.05, 0.1) is 7.11 Å². The average Bonchev–Trinajstić information content (AvgIpc) is 2.17. The van der Waals surface area contributed by atoms with Crippen molar-refractivity contribution in [2.75, 3.05) is 19.5 Å². The van der Waals surface area contributed by atoms with E-state index in [4.69, 9.17) is 4.74 Å². The van der Waals surface area contributed by atoms with E-state index in [1.165, 1.54) is 7.11 Å². The Morgan fingerprint density at radius 3 is 2.57 bits per heavy atom. The maximum atomic E-state index is 9.57. The minimum Gasteiger partial charge on any atom is -0.504 e. The number of aromatic hydroxyl groups is 1. The monoisotopic (exact) mass is 193 g/mol. The lowest BCUT2D eigenvalue weighted by atomic mass is 10.1. The Balaban J connectivity index is 3.31. The Bertz CT molecular complexity index is 359. The van der Waals surface area contributed by atoms with Crippen LogP contribution in [0.4, 0.5) is 5.69 Å². The van der Waals surface area contributed by atoms with Crippen molar-refractivity contribution in [3.63, 3.8) is 0 Å². The maximum absolute atomic E-state index is 9.57. The summed E-state index contributed by atoms with van der Waals surface area (Å²) in [5, 5.41) is 12.6. The van der Waals surface area contributed by atoms with Gasteiger partial charge in [0.25, 0.3) is 0 Å². The van der Waals surface area contributed by atoms with Gasteiger partial charge in [-0.1, -0.05) is 6.58 Å². The molecule has 0 aliphatic heterocycles. The Hall–Kier alpha value is -1.64. The second kappa shape index (κ2) is 4.05. The molecule has 1 aromatic carbocycles. The third kappa shape index (κ3) is 1.82. The van der Waals surface area contributed by atoms with Crippen LogP contribution in [0.3, 0.4) is 0 Å². The number of ether oxygens (including phenoxy) is 1. The first-order valence-electron chi connectivity index (χ1n) is 4.34. The molecule has 0 bridgehead atoms. The van der Waals surface area contributed by atoms with E-state index >= 15 is 0 Å². The zero-order valence-corrected chi connectivity index (χ0v) is 8.72. The number of phenols is 1. The van der Waals surface area contributed by atoms with Crippen molar-refractivity contribution in [2.24, 2.45) is 0 Å². The van der Waals surface area contributed by atoms with Crippen LogP contribution in [-0.2, 0) is 0 Å². The van der Waals surface area contributed by atoms with Crippen molar-refractivity contribution in [1.82, 2.24) is 0 Å². The molecule has 3 heteroatoms. The number of anilines is 1. The molecule has 0 aliphatic carbocycles. The zero-order valence-electron chi connectivity index (χ0n) is 8.72. The van der Waals surface area contributed by atoms with E-state index in [-0.39, 0.29) is 5.75 Å². The van der Waals surface area contributed by atoms with E-state index in [1.807, 2.05) is 14.0 Å². The normalized spacial score (nSPS) is 9.64. The van der Waals surface area contributed by atoms with E-state index in [0.29, 0.717) is 5.75 Å². The Morgan fingerprint density at radius 2 is 2.14 bits per heavy atom. The van der Waals surface area contributed by atoms with Gasteiger partial charge in [-0.3, -0.25) is 0 Å². The number of methoxy groups -OCH3 is 1. The predicted octanol–water partition coefficient (Wildman–Crippen LogP) is 2.48. The molecule has 0 heterocycles. The Morgan fingerprint density at radius 1 is 1.50 bits per heavy atom. The lowest BCUT2D eigenvalue weighted by molar-refractivity contribution is 0.373. The summed E-state index contributed by atoms with van der Waals surface area (Å²) in [5.41, 5.74) is 2.69. The van der Waals surface area contributed by atoms with Crippen LogP contribution in [0.25, 0.3) is 5.57 Å². The minimum absolute atomic E-state index is 0.129. The van der Waals surface area contributed by atoms with E-state index in [9.17, 15) is 5.11 Å². The van der Waals surface area contributed by atoms with Crippen LogP contribution < -0.4 is 10.1 Å². The molecule has 0 unspecified atom stereocenters. The molecule has 0 saturated heterocycles. The fourth-order valence-electron chi connectivity index (χ4n) is 1.29. The van der Waals surface area contributed by atoms with Crippen LogP contribution in [0, 0.1) is 0 Å². The molecule has 1 aromatic rings. The third-order valence-electron chi connectivity index (χ3n) is 2.05. The smallest absolute Gasteiger partial charge is 0.162 e. The number of hydrogen-bond donors (Lipinski definition) is 2. The average molecular weight is 193 g/mol. The fourth-order valence-corrected chi connectivity index (χ4v) is 1.29. The molecule has 0 saturated carbocycles. The fraction of sp³-hybridized carbons (Fsp3) is 0.273. The largest absolute Gasteiger partial charge is 0.504 e. The van der Waals surface area contributed by atoms with Crippen LogP contribution in [0.5, 0.6) is 11.5 Å². The first-order valence-corrected chi connectivity index (χ1v) is 4.34. The first kappa shape index (κ1) is 10.4. The summed E-state index contributed by atoms with van der Waals surface area (Å²) < 4.78 is 5.00. The van der Waals surface area contributed by atoms with Crippen molar-refractivity contribution in [3.05, 3.63) is 24.3 Å². The van der Waals surface area contributed by atoms with Crippen LogP contribution in [0.2, 0.25) is 0 Å². The zero-order chi connectivity index (χ0) is 10.7. The van der Waals surface area contributed by atoms with E-state index < -0.39 is 0 Å². The van der Waals surface area contributed by atoms with Gasteiger partial charge in [0.2, 0.25) is 0 Å². The van der Waals surface area contributed by atoms with Gasteiger partial charge in [-0.2, -0.15) is 0 Å². The van der Waals surface area contributed by atoms with Gasteiger partial charge < -0.3 is 15.2 Å². The second-order valence-corrected chi connectivity index (χ2v) is 3.10. The standard InChI is InChI=1S/C11H15NO2/c1-7(2)8-5-10(13)11(14-4)6-9(8)12-3/h5-6,12-13H,1H2,2-4H3. The van der Waals surface area contributed by atoms with E-state index in [0.717, 1.165) is 16.8 Å². The number of allylic oxidation sites excluding steroid dienone is 1. The summed E-state index contributed by atoms with van der Waals surface area (Å²) in [4.78, 5) is 0. The van der Waals surface area contributed by atoms with Crippen LogP contribution in [0.15, 0.2) is 18.7 Å². The molecule has 0 fully saturated rings. The van der Waals surface area contributed by atoms with Gasteiger partial charge in [0.1, 0.15) is 0 Å². The highest BCUT2D eigenvalue weighted by Gasteiger charge is 2.08. The number of phenolic OH excluding ortho intramolecular Hbond substituents is 1. The molecule has 1 rings (SSSR count). The quantitative estimate of drug-likeness (QED) is 0.724. The van der Waals surface area contributed by atoms with Crippen molar-refractivity contribution in [2.45, 2.75) is 6.92 Å². The molecular formula is C11H15NO2. The van der Waals surface area contributed by atoms with Crippen molar-refractivity contribution in [3.8, 4) is 11.5 Å². The third-order valence-corrected chi connectivity index (χ3v) is 2.05. The summed E-state index contributed by atoms with van der Waals surface area (Å²) in [6.07, 6.45) is 0. The molecule has 0 atom stereocenters. The van der Waals surface area contributed by atoms with Gasteiger partial charge in [-0.05, 0) is 18.6 Å². The summed E-state index contributed by atoms with van der Waals surface area (Å²) in [6, 6.07) is 3.40. The number of rotatable bonds is 3. The molecular weight excluding hydrogens is 178 g/mol. The van der Waals surface area contributed by atoms with Gasteiger partial charge in [0.15, 0.2) is 11.5 Å². The molecule has 0 aromatic heterocycles. The highest BCUT2D eigenvalue weighted by molar-refractivity contribution is 5.77. The molecule has 3 nitrogen and oxygen atoms in total. The van der Waals surface area contributed by atoms with Gasteiger partial charge in [-0.15, -0.1) is 0 Å². The number of hydrogen-bond acceptors (Lipinski definition) is 3. The molecule has 2 N–H and O–H groups in total. The maximum Gasteiger partial charge on any atom is 0.162 e. The lowest BCUT2D eigenvalue weighted by Gasteiger charge is -2.12. The first-order chi connectivity index (χ1) is 6.60. The van der Waals surface area contributed by atoms with Gasteiger partial charge >= 0.3 is 0 Å². The Labute approximate surface area is 84.0 Å². The summed E-state index contributed by atoms with van der Waals surface area (Å²) in [5.74, 6) is 0.587. The van der Waals surface area contributed by atoms with Crippen molar-refractivity contribution in [1.29, 1.82) is 0 Å². The predicted molar refractivity (Wildman–Crippen MR) is 58.9 cm³/mol. The van der Waals surface area contributed by atoms with Crippen LogP contribution in [0.1, 0.15) is 12.5 Å². The highest BCUT2D eigenvalue weighted by atomic mass is 16.5. The molecule has 0 spiro atoms. The second-order valence-electron chi connectivity index (χ2n) is 3.10. The molecule has 0 amide bonds. The van der Waals surface area contributed by atoms with Gasteiger partial charge in [0, 0.05) is 24.4 Å². The van der Waals surface area contributed by atoms with Crippen molar-refractivity contribution >= 4 is 11.3 Å². The summed E-state index contributed by atoms with van der Waals surface area (Å²) >= 11 is 0. The lowest BCUT2D eigenvalue weighted by Crippen LogP contribution is -1.95. The number of benzene rings is 1. The summed E-state index contributed by atoms with van der Waals surface area (Å²) in [7, 11) is 3.34. The van der Waals surface area contributed by atoms with Crippen LogP contribution in [-0.4, -0.2) is 19.3 Å². The molecule has 76 valence electrons. The van der Waals surface area contributed by atoms with Crippen LogP contribution >= 0.6 is 0 Å². The molecule has 0 aliphatic rings. The molecule has 14 heavy (non-hydrogen) atoms. The molecule has 0 radical (unpaired) electrons. The van der Waals surface area contributed by atoms with Crippen molar-refractivity contribution < 1.29 is 9.84 Å². The van der Waals surface area contributed by atoms with E-state index in [1.54, 1.807) is 12.1 Å². The highest BCUT2D eigenvalue weighted by Crippen LogP contribution is 2.34. The van der Waals surface area contributed by atoms with E-state index in [2.05, 4.69) is 11.9 Å². The number of nitrogens with one attached hydrogen (secondary N) is 1.